The Morgan fingerprint density at radius 2 is 2.10 bits per heavy atom. The molecule has 0 unspecified atom stereocenters. The van der Waals surface area contributed by atoms with E-state index in [1.54, 1.807) is 43.7 Å². The van der Waals surface area contributed by atoms with Crippen molar-refractivity contribution in [2.24, 2.45) is 0 Å². The van der Waals surface area contributed by atoms with E-state index < -0.39 is 11.7 Å². The largest absolute Gasteiger partial charge is 0.443 e. The molecular formula is C23H24N6O2. The van der Waals surface area contributed by atoms with E-state index in [0.29, 0.717) is 17.2 Å². The van der Waals surface area contributed by atoms with Crippen molar-refractivity contribution in [3.63, 3.8) is 0 Å². The summed E-state index contributed by atoms with van der Waals surface area (Å²) in [5.74, 6) is 4.06. The maximum absolute atomic E-state index is 11.8. The molecule has 1 aromatic carbocycles. The molecule has 3 aromatic rings. The number of fused-ring (bicyclic) bond motifs is 3. The number of hydrogen-bond acceptors (Lipinski definition) is 6. The van der Waals surface area contributed by atoms with Gasteiger partial charge in [-0.2, -0.15) is 4.98 Å². The summed E-state index contributed by atoms with van der Waals surface area (Å²) >= 11 is 0. The predicted octanol–water partition coefficient (Wildman–Crippen LogP) is 3.80. The first-order valence-corrected chi connectivity index (χ1v) is 9.56. The molecule has 0 bridgehead atoms. The van der Waals surface area contributed by atoms with E-state index in [1.807, 2.05) is 36.2 Å². The van der Waals surface area contributed by atoms with Gasteiger partial charge in [0.25, 0.3) is 5.78 Å². The highest BCUT2D eigenvalue weighted by Crippen LogP contribution is 2.28. The van der Waals surface area contributed by atoms with Gasteiger partial charge in [0.2, 0.25) is 0 Å². The Kier molecular flexibility index (Phi) is 6.07. The van der Waals surface area contributed by atoms with Crippen molar-refractivity contribution in [2.75, 3.05) is 11.9 Å². The number of nitrogens with zero attached hydrogens (tertiary/aromatic N) is 5. The van der Waals surface area contributed by atoms with Gasteiger partial charge < -0.3 is 9.64 Å². The van der Waals surface area contributed by atoms with E-state index in [2.05, 4.69) is 45.6 Å². The topological polar surface area (TPSA) is 84.7 Å². The normalized spacial score (nSPS) is 11.5. The van der Waals surface area contributed by atoms with Crippen LogP contribution in [0.2, 0.25) is 0 Å². The van der Waals surface area contributed by atoms with Crippen LogP contribution in [0.4, 0.5) is 10.6 Å². The average molecular weight is 416 g/mol. The highest BCUT2D eigenvalue weighted by atomic mass is 16.6. The average Bonchev–Trinajstić information content (AvgIpc) is 3.18. The van der Waals surface area contributed by atoms with Crippen LogP contribution in [0.25, 0.3) is 16.7 Å². The third kappa shape index (κ3) is 4.90. The Morgan fingerprint density at radius 1 is 1.32 bits per heavy atom. The second-order valence-corrected chi connectivity index (χ2v) is 7.64. The highest BCUT2D eigenvalue weighted by molar-refractivity contribution is 5.93. The van der Waals surface area contributed by atoms with Crippen LogP contribution in [-0.2, 0) is 4.74 Å². The van der Waals surface area contributed by atoms with Crippen molar-refractivity contribution in [2.45, 2.75) is 26.4 Å². The lowest BCUT2D eigenvalue weighted by Gasteiger charge is -2.21. The van der Waals surface area contributed by atoms with E-state index in [0.717, 1.165) is 16.6 Å². The summed E-state index contributed by atoms with van der Waals surface area (Å²) in [6, 6.07) is 8.30. The molecule has 0 atom stereocenters. The van der Waals surface area contributed by atoms with Crippen molar-refractivity contribution < 1.29 is 9.53 Å². The number of amides is 1. The number of likely N-dealkylation sites (N-methyl/N-ethyl adjacent to an activating group) is 1. The molecule has 0 radical (unpaired) electrons. The van der Waals surface area contributed by atoms with Crippen LogP contribution in [-0.4, -0.2) is 38.3 Å². The molecule has 0 saturated heterocycles. The monoisotopic (exact) mass is 416 g/mol. The Hall–Kier alpha value is -4.12. The minimum absolute atomic E-state index is 0.452. The Bertz CT molecular complexity index is 1250. The summed E-state index contributed by atoms with van der Waals surface area (Å²) in [6.45, 7) is 13.0. The Labute approximate surface area is 180 Å². The first kappa shape index (κ1) is 21.6. The number of ether oxygens (including phenoxy) is 1. The first-order chi connectivity index (χ1) is 14.7. The zero-order chi connectivity index (χ0) is 22.6. The Morgan fingerprint density at radius 3 is 2.77 bits per heavy atom. The second-order valence-electron chi connectivity index (χ2n) is 7.64. The fourth-order valence-electron chi connectivity index (χ4n) is 2.90. The first-order valence-electron chi connectivity index (χ1n) is 9.56. The molecular weight excluding hydrogens is 392 g/mol. The molecule has 1 amide bonds. The predicted molar refractivity (Wildman–Crippen MR) is 121 cm³/mol. The molecule has 0 spiro atoms. The number of carbonyl (C=O) groups excluding carboxylic acids is 1. The van der Waals surface area contributed by atoms with E-state index in [4.69, 9.17) is 4.74 Å². The van der Waals surface area contributed by atoms with Gasteiger partial charge >= 0.3 is 6.09 Å². The minimum atomic E-state index is -0.596. The van der Waals surface area contributed by atoms with Gasteiger partial charge in [0, 0.05) is 29.7 Å². The molecule has 2 aromatic heterocycles. The van der Waals surface area contributed by atoms with E-state index in [-0.39, 0.29) is 0 Å². The van der Waals surface area contributed by atoms with Crippen LogP contribution in [0.5, 0.6) is 0 Å². The van der Waals surface area contributed by atoms with Gasteiger partial charge in [-0.3, -0.25) is 4.40 Å². The molecule has 0 aliphatic rings. The lowest BCUT2D eigenvalue weighted by molar-refractivity contribution is 0.0557. The highest BCUT2D eigenvalue weighted by Gasteiger charge is 2.16. The van der Waals surface area contributed by atoms with Crippen LogP contribution < -0.4 is 10.2 Å². The van der Waals surface area contributed by atoms with E-state index in [1.165, 1.54) is 0 Å². The van der Waals surface area contributed by atoms with Crippen molar-refractivity contribution in [1.82, 2.24) is 24.9 Å². The van der Waals surface area contributed by atoms with Gasteiger partial charge in [-0.1, -0.05) is 19.2 Å². The SMILES string of the molecule is C=C/C=C(\C=C)N(C)c1nc2nncn2c2cc(C#CNC(=O)OC(C)(C)C)ccc12. The van der Waals surface area contributed by atoms with Crippen molar-refractivity contribution in [3.8, 4) is 12.0 Å². The summed E-state index contributed by atoms with van der Waals surface area (Å²) in [7, 11) is 1.89. The zero-order valence-electron chi connectivity index (χ0n) is 18.0. The van der Waals surface area contributed by atoms with Crippen LogP contribution >= 0.6 is 0 Å². The van der Waals surface area contributed by atoms with E-state index in [9.17, 15) is 4.79 Å². The van der Waals surface area contributed by atoms with E-state index >= 15 is 0 Å². The lowest BCUT2D eigenvalue weighted by Crippen LogP contribution is -2.29. The van der Waals surface area contributed by atoms with Gasteiger partial charge in [-0.05, 0) is 57.0 Å². The molecule has 0 aliphatic carbocycles. The molecule has 2 heterocycles. The third-order valence-electron chi connectivity index (χ3n) is 4.21. The number of nitrogens with one attached hydrogen (secondary N) is 1. The van der Waals surface area contributed by atoms with Gasteiger partial charge in [-0.25, -0.2) is 10.1 Å². The lowest BCUT2D eigenvalue weighted by atomic mass is 10.1. The molecule has 1 N–H and O–H groups in total. The maximum Gasteiger partial charge on any atom is 0.419 e. The van der Waals surface area contributed by atoms with Crippen LogP contribution in [0.1, 0.15) is 26.3 Å². The summed E-state index contributed by atoms with van der Waals surface area (Å²) < 4.78 is 6.96. The number of hydrogen-bond donors (Lipinski definition) is 1. The second kappa shape index (κ2) is 8.71. The maximum atomic E-state index is 11.8. The number of alkyl carbamates (subject to hydrolysis) is 1. The molecule has 8 nitrogen and oxygen atoms in total. The fourth-order valence-corrected chi connectivity index (χ4v) is 2.90. The van der Waals surface area contributed by atoms with Crippen molar-refractivity contribution in [3.05, 3.63) is 67.2 Å². The molecule has 0 fully saturated rings. The summed E-state index contributed by atoms with van der Waals surface area (Å²) in [5, 5.41) is 11.4. The number of carbonyl (C=O) groups is 1. The molecule has 8 heteroatoms. The molecule has 0 saturated carbocycles. The molecule has 31 heavy (non-hydrogen) atoms. The van der Waals surface area contributed by atoms with Crippen molar-refractivity contribution >= 4 is 28.6 Å². The van der Waals surface area contributed by atoms with Gasteiger partial charge in [0.15, 0.2) is 0 Å². The minimum Gasteiger partial charge on any atom is -0.443 e. The fraction of sp³-hybridized carbons (Fsp3) is 0.217. The standard InChI is InChI=1S/C23H24N6O2/c1-7-9-17(8-2)28(6)20-18-11-10-16(12-13-24-22(30)31-23(3,4)5)14-19(18)29-15-25-27-21(29)26-20/h7-11,14-15H,1-2H2,3-6H3,(H,24,30)/b17-9+. The van der Waals surface area contributed by atoms with Gasteiger partial charge in [-0.15, -0.1) is 10.2 Å². The number of benzene rings is 1. The summed E-state index contributed by atoms with van der Waals surface area (Å²) in [6.07, 6.45) is 6.26. The quantitative estimate of drug-likeness (QED) is 0.396. The summed E-state index contributed by atoms with van der Waals surface area (Å²) in [4.78, 5) is 18.3. The number of anilines is 1. The number of rotatable bonds is 4. The molecule has 158 valence electrons. The molecule has 3 rings (SSSR count). The van der Waals surface area contributed by atoms with Crippen LogP contribution in [0.3, 0.4) is 0 Å². The van der Waals surface area contributed by atoms with Crippen LogP contribution in [0, 0.1) is 12.0 Å². The number of aromatic nitrogens is 4. The van der Waals surface area contributed by atoms with Gasteiger partial charge in [0.05, 0.1) is 5.52 Å². The third-order valence-corrected chi connectivity index (χ3v) is 4.21. The molecule has 0 aliphatic heterocycles. The smallest absolute Gasteiger partial charge is 0.419 e. The summed E-state index contributed by atoms with van der Waals surface area (Å²) in [5.41, 5.74) is 1.76. The van der Waals surface area contributed by atoms with Crippen LogP contribution in [0.15, 0.2) is 61.6 Å². The zero-order valence-corrected chi connectivity index (χ0v) is 18.0. The van der Waals surface area contributed by atoms with Crippen molar-refractivity contribution in [1.29, 1.82) is 0 Å². The Balaban J connectivity index is 2.03. The number of allylic oxidation sites excluding steroid dienone is 3. The van der Waals surface area contributed by atoms with Gasteiger partial charge in [0.1, 0.15) is 17.7 Å².